The van der Waals surface area contributed by atoms with E-state index in [1.165, 1.54) is 0 Å². The van der Waals surface area contributed by atoms with Crippen LogP contribution in [-0.2, 0) is 11.2 Å². The maximum Gasteiger partial charge on any atom is 0.228 e. The van der Waals surface area contributed by atoms with Gasteiger partial charge < -0.3 is 15.4 Å². The molecule has 2 aromatic carbocycles. The molecule has 1 aliphatic heterocycles. The molecule has 2 atom stereocenters. The number of ether oxygens (including phenoxy) is 1. The molecule has 190 valence electrons. The topological polar surface area (TPSA) is 89.0 Å². The fraction of sp³-hybridized carbons (Fsp3) is 0.310. The van der Waals surface area contributed by atoms with Crippen LogP contribution in [0, 0.1) is 6.92 Å². The second-order valence-electron chi connectivity index (χ2n) is 9.39. The maximum absolute atomic E-state index is 12.4. The zero-order valence-electron chi connectivity index (χ0n) is 21.0. The molecule has 3 heterocycles. The highest BCUT2D eigenvalue weighted by Gasteiger charge is 2.18. The minimum atomic E-state index is -0.533. The minimum absolute atomic E-state index is 0.0126. The van der Waals surface area contributed by atoms with Gasteiger partial charge in [-0.05, 0) is 67.9 Å². The number of carbonyl (C=O) groups is 1. The fourth-order valence-corrected chi connectivity index (χ4v) is 4.70. The largest absolute Gasteiger partial charge is 0.437 e. The van der Waals surface area contributed by atoms with Gasteiger partial charge in [-0.2, -0.15) is 0 Å². The molecule has 2 N–H and O–H groups in total. The Labute approximate surface area is 221 Å². The molecule has 0 spiro atoms. The van der Waals surface area contributed by atoms with Crippen LogP contribution in [0.15, 0.2) is 60.9 Å². The lowest BCUT2D eigenvalue weighted by molar-refractivity contribution is -0.117. The molecule has 5 rings (SSSR count). The number of alkyl halides is 1. The van der Waals surface area contributed by atoms with E-state index in [1.54, 1.807) is 19.3 Å². The van der Waals surface area contributed by atoms with Crippen molar-refractivity contribution in [3.8, 4) is 22.9 Å². The molecule has 0 aliphatic carbocycles. The number of piperidine rings is 1. The molecule has 37 heavy (non-hydrogen) atoms. The van der Waals surface area contributed by atoms with E-state index < -0.39 is 5.38 Å². The lowest BCUT2D eigenvalue weighted by atomic mass is 9.97. The van der Waals surface area contributed by atoms with E-state index in [0.717, 1.165) is 59.1 Å². The fourth-order valence-electron chi connectivity index (χ4n) is 4.62. The quantitative estimate of drug-likeness (QED) is 0.291. The molecule has 0 bridgehead atoms. The number of benzene rings is 2. The van der Waals surface area contributed by atoms with Gasteiger partial charge in [0.15, 0.2) is 5.78 Å². The number of nitrogens with zero attached hydrogens (tertiary/aromatic N) is 3. The van der Waals surface area contributed by atoms with Gasteiger partial charge in [0.05, 0.1) is 16.6 Å². The summed E-state index contributed by atoms with van der Waals surface area (Å²) < 4.78 is 6.49. The van der Waals surface area contributed by atoms with Gasteiger partial charge in [-0.1, -0.05) is 30.3 Å². The molecule has 1 aliphatic rings. The van der Waals surface area contributed by atoms with Crippen molar-refractivity contribution in [3.05, 3.63) is 72.1 Å². The summed E-state index contributed by atoms with van der Waals surface area (Å²) in [6.07, 6.45) is 5.94. The summed E-state index contributed by atoms with van der Waals surface area (Å²) in [6, 6.07) is 15.9. The molecule has 0 radical (unpaired) electrons. The molecule has 0 amide bonds. The zero-order chi connectivity index (χ0) is 25.8. The lowest BCUT2D eigenvalue weighted by Gasteiger charge is -2.23. The Morgan fingerprint density at radius 1 is 1.14 bits per heavy atom. The monoisotopic (exact) mass is 515 g/mol. The number of carbonyl (C=O) groups excluding carboxylic acids is 1. The Morgan fingerprint density at radius 2 is 2.03 bits per heavy atom. The highest BCUT2D eigenvalue weighted by Crippen LogP contribution is 2.37. The highest BCUT2D eigenvalue weighted by atomic mass is 35.5. The number of Topliss-reactive ketones (excluding diaryl/α,β-unsaturated/α-hetero) is 1. The van der Waals surface area contributed by atoms with Gasteiger partial charge >= 0.3 is 0 Å². The lowest BCUT2D eigenvalue weighted by Crippen LogP contribution is -2.38. The molecule has 8 heteroatoms. The van der Waals surface area contributed by atoms with Crippen LogP contribution >= 0.6 is 11.6 Å². The van der Waals surface area contributed by atoms with E-state index in [9.17, 15) is 4.79 Å². The summed E-state index contributed by atoms with van der Waals surface area (Å²) in [7, 11) is 0. The minimum Gasteiger partial charge on any atom is -0.437 e. The van der Waals surface area contributed by atoms with Gasteiger partial charge in [-0.15, -0.1) is 11.6 Å². The second kappa shape index (κ2) is 11.2. The van der Waals surface area contributed by atoms with Crippen molar-refractivity contribution in [1.29, 1.82) is 0 Å². The van der Waals surface area contributed by atoms with Crippen molar-refractivity contribution >= 4 is 34.1 Å². The number of ketones is 1. The average molecular weight is 516 g/mol. The van der Waals surface area contributed by atoms with E-state index in [1.807, 2.05) is 55.5 Å². The first kappa shape index (κ1) is 25.1. The summed E-state index contributed by atoms with van der Waals surface area (Å²) in [5.74, 6) is 1.73. The van der Waals surface area contributed by atoms with E-state index in [2.05, 4.69) is 20.6 Å². The highest BCUT2D eigenvalue weighted by molar-refractivity contribution is 6.31. The first-order valence-electron chi connectivity index (χ1n) is 12.6. The number of halogens is 1. The Hall–Kier alpha value is -3.55. The molecule has 4 aromatic rings. The smallest absolute Gasteiger partial charge is 0.228 e. The van der Waals surface area contributed by atoms with Gasteiger partial charge in [0.1, 0.15) is 5.75 Å². The third-order valence-electron chi connectivity index (χ3n) is 6.64. The second-order valence-corrected chi connectivity index (χ2v) is 10.0. The summed E-state index contributed by atoms with van der Waals surface area (Å²) in [5, 5.41) is 8.19. The van der Waals surface area contributed by atoms with Crippen LogP contribution in [0.5, 0.6) is 11.6 Å². The van der Waals surface area contributed by atoms with Crippen molar-refractivity contribution in [2.24, 2.45) is 0 Å². The zero-order valence-corrected chi connectivity index (χ0v) is 21.8. The molecular weight excluding hydrogens is 486 g/mol. The van der Waals surface area contributed by atoms with Gasteiger partial charge in [0, 0.05) is 36.8 Å². The van der Waals surface area contributed by atoms with Crippen molar-refractivity contribution in [2.45, 2.75) is 44.5 Å². The van der Waals surface area contributed by atoms with Crippen LogP contribution in [0.4, 0.5) is 5.95 Å². The number of rotatable bonds is 8. The number of hydrogen-bond donors (Lipinski definition) is 2. The number of fused-ring (bicyclic) bond motifs is 1. The third kappa shape index (κ3) is 5.73. The normalized spacial score (nSPS) is 16.4. The molecule has 1 unspecified atom stereocenters. The van der Waals surface area contributed by atoms with Crippen molar-refractivity contribution < 1.29 is 9.53 Å². The predicted octanol–water partition coefficient (Wildman–Crippen LogP) is 5.70. The van der Waals surface area contributed by atoms with Crippen molar-refractivity contribution in [3.63, 3.8) is 0 Å². The Bertz CT molecular complexity index is 1420. The molecular formula is C29H30ClN5O2. The number of hydrogen-bond acceptors (Lipinski definition) is 7. The van der Waals surface area contributed by atoms with E-state index in [0.29, 0.717) is 23.6 Å². The summed E-state index contributed by atoms with van der Waals surface area (Å²) in [6.45, 7) is 5.65. The van der Waals surface area contributed by atoms with Gasteiger partial charge in [-0.3, -0.25) is 4.79 Å². The van der Waals surface area contributed by atoms with Gasteiger partial charge in [0.25, 0.3) is 0 Å². The van der Waals surface area contributed by atoms with Crippen LogP contribution in [0.3, 0.4) is 0 Å². The summed E-state index contributed by atoms with van der Waals surface area (Å²) >= 11 is 6.03. The van der Waals surface area contributed by atoms with Crippen LogP contribution in [-0.4, -0.2) is 45.2 Å². The van der Waals surface area contributed by atoms with Crippen molar-refractivity contribution in [1.82, 2.24) is 20.3 Å². The third-order valence-corrected chi connectivity index (χ3v) is 6.88. The predicted molar refractivity (Wildman–Crippen MR) is 148 cm³/mol. The number of anilines is 1. The number of nitrogens with one attached hydrogen (secondary N) is 2. The molecule has 1 fully saturated rings. The van der Waals surface area contributed by atoms with E-state index in [4.69, 9.17) is 21.3 Å². The van der Waals surface area contributed by atoms with Gasteiger partial charge in [0.2, 0.25) is 11.8 Å². The molecule has 7 nitrogen and oxygen atoms in total. The SMILES string of the molecule is Cc1ccc2c(CC(=O)C(C)Cl)cccc2c1Oc1ncccc1-c1ccnc(N[C@H]2CCCNC2)n1. The first-order valence-corrected chi connectivity index (χ1v) is 13.0. The van der Waals surface area contributed by atoms with E-state index in [-0.39, 0.29) is 12.2 Å². The number of aryl methyl sites for hydroxylation is 1. The Kier molecular flexibility index (Phi) is 7.63. The Morgan fingerprint density at radius 3 is 2.84 bits per heavy atom. The Balaban J connectivity index is 1.48. The molecule has 0 saturated carbocycles. The summed E-state index contributed by atoms with van der Waals surface area (Å²) in [5.41, 5.74) is 3.39. The number of aromatic nitrogens is 3. The maximum atomic E-state index is 12.4. The van der Waals surface area contributed by atoms with Crippen molar-refractivity contribution in [2.75, 3.05) is 18.4 Å². The standard InChI is InChI=1S/C29H30ClN5O2/c1-18-10-11-22-20(16-26(36)19(2)30)6-3-8-23(22)27(18)37-28-24(9-5-14-32-28)25-12-15-33-29(35-25)34-21-7-4-13-31-17-21/h3,5-6,8-12,14-15,19,21,31H,4,7,13,16-17H2,1-2H3,(H,33,34,35)/t19?,21-/m0/s1. The molecule has 2 aromatic heterocycles. The van der Waals surface area contributed by atoms with Crippen LogP contribution < -0.4 is 15.4 Å². The first-order chi connectivity index (χ1) is 18.0. The number of pyridine rings is 1. The molecule has 1 saturated heterocycles. The van der Waals surface area contributed by atoms with Crippen LogP contribution in [0.25, 0.3) is 22.0 Å². The van der Waals surface area contributed by atoms with Crippen LogP contribution in [0.1, 0.15) is 30.9 Å². The van der Waals surface area contributed by atoms with Gasteiger partial charge in [-0.25, -0.2) is 15.0 Å². The van der Waals surface area contributed by atoms with E-state index >= 15 is 0 Å². The average Bonchev–Trinajstić information content (AvgIpc) is 2.91. The van der Waals surface area contributed by atoms with Crippen LogP contribution in [0.2, 0.25) is 0 Å². The summed E-state index contributed by atoms with van der Waals surface area (Å²) in [4.78, 5) is 26.1.